The van der Waals surface area contributed by atoms with Gasteiger partial charge >= 0.3 is 0 Å². The van der Waals surface area contributed by atoms with Crippen molar-refractivity contribution in [3.05, 3.63) is 0 Å². The predicted octanol–water partition coefficient (Wildman–Crippen LogP) is 0.794. The number of aliphatic hydroxyl groups is 1. The number of carbonyl (C=O) groups excluding carboxylic acids is 1. The third-order valence-electron chi connectivity index (χ3n) is 4.03. The molecule has 0 aromatic carbocycles. The largest absolute Gasteiger partial charge is 0.393 e. The highest BCUT2D eigenvalue weighted by molar-refractivity contribution is 5.82. The fourth-order valence-electron chi connectivity index (χ4n) is 2.83. The zero-order chi connectivity index (χ0) is 12.3. The molecule has 2 atom stereocenters. The summed E-state index contributed by atoms with van der Waals surface area (Å²) in [4.78, 5) is 12.1. The van der Waals surface area contributed by atoms with Crippen molar-refractivity contribution in [1.29, 1.82) is 0 Å². The van der Waals surface area contributed by atoms with Crippen molar-refractivity contribution in [2.75, 3.05) is 6.54 Å². The topological polar surface area (TPSA) is 61.4 Å². The summed E-state index contributed by atoms with van der Waals surface area (Å²) in [6, 6.07) is 0.260. The Balaban J connectivity index is 1.76. The number of carbonyl (C=O) groups is 1. The second-order valence-corrected chi connectivity index (χ2v) is 5.65. The number of amides is 1. The van der Waals surface area contributed by atoms with Gasteiger partial charge in [-0.25, -0.2) is 0 Å². The molecular weight excluding hydrogens is 216 g/mol. The number of hydrogen-bond donors (Lipinski definition) is 3. The molecule has 2 unspecified atom stereocenters. The Bertz CT molecular complexity index is 262. The molecule has 98 valence electrons. The Kier molecular flexibility index (Phi) is 4.40. The quantitative estimate of drug-likeness (QED) is 0.669. The van der Waals surface area contributed by atoms with Crippen LogP contribution in [0.1, 0.15) is 45.4 Å². The van der Waals surface area contributed by atoms with Gasteiger partial charge in [0.1, 0.15) is 0 Å². The van der Waals surface area contributed by atoms with Crippen molar-refractivity contribution in [3.63, 3.8) is 0 Å². The van der Waals surface area contributed by atoms with Gasteiger partial charge in [0.15, 0.2) is 0 Å². The van der Waals surface area contributed by atoms with Crippen LogP contribution < -0.4 is 10.6 Å². The minimum Gasteiger partial charge on any atom is -0.393 e. The van der Waals surface area contributed by atoms with Gasteiger partial charge < -0.3 is 15.7 Å². The van der Waals surface area contributed by atoms with Crippen LogP contribution in [0.4, 0.5) is 0 Å². The van der Waals surface area contributed by atoms with Crippen molar-refractivity contribution in [2.45, 2.75) is 63.6 Å². The van der Waals surface area contributed by atoms with E-state index in [0.29, 0.717) is 5.92 Å². The molecule has 3 N–H and O–H groups in total. The molecule has 17 heavy (non-hydrogen) atoms. The molecule has 1 aliphatic heterocycles. The maximum absolute atomic E-state index is 12.1. The lowest BCUT2D eigenvalue weighted by molar-refractivity contribution is -0.125. The lowest BCUT2D eigenvalue weighted by Gasteiger charge is -2.31. The molecule has 2 rings (SSSR count). The first kappa shape index (κ1) is 12.8. The molecule has 1 saturated carbocycles. The molecule has 1 saturated heterocycles. The highest BCUT2D eigenvalue weighted by Gasteiger charge is 2.27. The molecule has 4 nitrogen and oxygen atoms in total. The Labute approximate surface area is 103 Å². The number of hydrogen-bond acceptors (Lipinski definition) is 3. The van der Waals surface area contributed by atoms with Crippen LogP contribution in [0.2, 0.25) is 0 Å². The van der Waals surface area contributed by atoms with Gasteiger partial charge in [-0.15, -0.1) is 0 Å². The highest BCUT2D eigenvalue weighted by atomic mass is 16.3. The fourth-order valence-corrected chi connectivity index (χ4v) is 2.83. The molecule has 0 bridgehead atoms. The summed E-state index contributed by atoms with van der Waals surface area (Å²) in [5.41, 5.74) is 0. The lowest BCUT2D eigenvalue weighted by atomic mass is 9.91. The van der Waals surface area contributed by atoms with E-state index in [1.807, 2.05) is 0 Å². The normalized spacial score (nSPS) is 38.7. The SMILES string of the molecule is CC1CCNC(C(=O)NC2CCC(O)CC2)C1. The van der Waals surface area contributed by atoms with Crippen LogP contribution >= 0.6 is 0 Å². The van der Waals surface area contributed by atoms with E-state index >= 15 is 0 Å². The van der Waals surface area contributed by atoms with Gasteiger partial charge in [0.25, 0.3) is 0 Å². The molecular formula is C13H24N2O2. The third-order valence-corrected chi connectivity index (χ3v) is 4.03. The van der Waals surface area contributed by atoms with E-state index in [2.05, 4.69) is 17.6 Å². The van der Waals surface area contributed by atoms with Gasteiger partial charge in [0.05, 0.1) is 12.1 Å². The standard InChI is InChI=1S/C13H24N2O2/c1-9-6-7-14-12(8-9)13(17)15-10-2-4-11(16)5-3-10/h9-12,14,16H,2-8H2,1H3,(H,15,17). The number of piperidine rings is 1. The van der Waals surface area contributed by atoms with Crippen LogP contribution in [-0.4, -0.2) is 35.7 Å². The van der Waals surface area contributed by atoms with E-state index in [-0.39, 0.29) is 24.1 Å². The molecule has 2 aliphatic rings. The van der Waals surface area contributed by atoms with E-state index in [1.54, 1.807) is 0 Å². The maximum Gasteiger partial charge on any atom is 0.237 e. The summed E-state index contributed by atoms with van der Waals surface area (Å²) in [5, 5.41) is 15.8. The Morgan fingerprint density at radius 2 is 1.94 bits per heavy atom. The molecule has 1 aliphatic carbocycles. The summed E-state index contributed by atoms with van der Waals surface area (Å²) >= 11 is 0. The first-order valence-electron chi connectivity index (χ1n) is 6.87. The number of nitrogens with one attached hydrogen (secondary N) is 2. The van der Waals surface area contributed by atoms with Gasteiger partial charge in [0, 0.05) is 6.04 Å². The minimum absolute atomic E-state index is 0.00870. The minimum atomic E-state index is -0.157. The van der Waals surface area contributed by atoms with Crippen molar-refractivity contribution in [2.24, 2.45) is 5.92 Å². The van der Waals surface area contributed by atoms with Crippen LogP contribution in [0.15, 0.2) is 0 Å². The Morgan fingerprint density at radius 1 is 1.24 bits per heavy atom. The Morgan fingerprint density at radius 3 is 2.59 bits per heavy atom. The van der Waals surface area contributed by atoms with Gasteiger partial charge in [-0.2, -0.15) is 0 Å². The first-order chi connectivity index (χ1) is 8.15. The zero-order valence-electron chi connectivity index (χ0n) is 10.6. The smallest absolute Gasteiger partial charge is 0.237 e. The van der Waals surface area contributed by atoms with E-state index in [1.165, 1.54) is 6.42 Å². The molecule has 0 aromatic rings. The van der Waals surface area contributed by atoms with Crippen LogP contribution in [0.25, 0.3) is 0 Å². The van der Waals surface area contributed by atoms with Crippen LogP contribution in [0, 0.1) is 5.92 Å². The van der Waals surface area contributed by atoms with Crippen molar-refractivity contribution >= 4 is 5.91 Å². The average Bonchev–Trinajstić information content (AvgIpc) is 2.32. The molecule has 0 radical (unpaired) electrons. The monoisotopic (exact) mass is 240 g/mol. The third kappa shape index (κ3) is 3.68. The second kappa shape index (κ2) is 5.83. The van der Waals surface area contributed by atoms with Gasteiger partial charge in [0.2, 0.25) is 5.91 Å². The van der Waals surface area contributed by atoms with Crippen LogP contribution in [-0.2, 0) is 4.79 Å². The van der Waals surface area contributed by atoms with E-state index in [0.717, 1.165) is 38.6 Å². The van der Waals surface area contributed by atoms with Crippen molar-refractivity contribution in [1.82, 2.24) is 10.6 Å². The predicted molar refractivity (Wildman–Crippen MR) is 66.6 cm³/mol. The summed E-state index contributed by atoms with van der Waals surface area (Å²) in [5.74, 6) is 0.790. The molecule has 2 fully saturated rings. The maximum atomic E-state index is 12.1. The summed E-state index contributed by atoms with van der Waals surface area (Å²) in [6.45, 7) is 3.15. The summed E-state index contributed by atoms with van der Waals surface area (Å²) in [6.07, 6.45) is 5.42. The average molecular weight is 240 g/mol. The fraction of sp³-hybridized carbons (Fsp3) is 0.923. The van der Waals surface area contributed by atoms with Crippen molar-refractivity contribution in [3.8, 4) is 0 Å². The summed E-state index contributed by atoms with van der Waals surface area (Å²) in [7, 11) is 0. The number of rotatable bonds is 2. The van der Waals surface area contributed by atoms with E-state index < -0.39 is 0 Å². The van der Waals surface area contributed by atoms with E-state index in [4.69, 9.17) is 0 Å². The van der Waals surface area contributed by atoms with Crippen molar-refractivity contribution < 1.29 is 9.90 Å². The second-order valence-electron chi connectivity index (χ2n) is 5.65. The number of aliphatic hydroxyl groups excluding tert-OH is 1. The zero-order valence-corrected chi connectivity index (χ0v) is 10.6. The lowest BCUT2D eigenvalue weighted by Crippen LogP contribution is -2.51. The first-order valence-corrected chi connectivity index (χ1v) is 6.87. The Hall–Kier alpha value is -0.610. The van der Waals surface area contributed by atoms with Crippen LogP contribution in [0.5, 0.6) is 0 Å². The van der Waals surface area contributed by atoms with Gasteiger partial charge in [-0.05, 0) is 51.0 Å². The molecule has 1 amide bonds. The molecule has 4 heteroatoms. The van der Waals surface area contributed by atoms with Crippen LogP contribution in [0.3, 0.4) is 0 Å². The van der Waals surface area contributed by atoms with Gasteiger partial charge in [-0.1, -0.05) is 6.92 Å². The van der Waals surface area contributed by atoms with Gasteiger partial charge in [-0.3, -0.25) is 4.79 Å². The molecule has 0 spiro atoms. The summed E-state index contributed by atoms with van der Waals surface area (Å²) < 4.78 is 0. The molecule has 1 heterocycles. The van der Waals surface area contributed by atoms with E-state index in [9.17, 15) is 9.90 Å². The molecule has 0 aromatic heterocycles. The highest BCUT2D eigenvalue weighted by Crippen LogP contribution is 2.19.